The Labute approximate surface area is 155 Å². The van der Waals surface area contributed by atoms with E-state index in [2.05, 4.69) is 15.6 Å². The Balaban J connectivity index is 1.65. The molecule has 0 unspecified atom stereocenters. The summed E-state index contributed by atoms with van der Waals surface area (Å²) in [5.41, 5.74) is 0.834. The van der Waals surface area contributed by atoms with Gasteiger partial charge >= 0.3 is 0 Å². The molecule has 1 aromatic carbocycles. The Kier molecular flexibility index (Phi) is 5.73. The van der Waals surface area contributed by atoms with Crippen LogP contribution in [0.3, 0.4) is 0 Å². The van der Waals surface area contributed by atoms with Crippen molar-refractivity contribution >= 4 is 17.5 Å². The molecule has 2 N–H and O–H groups in total. The first-order valence-electron chi connectivity index (χ1n) is 8.36. The first-order valence-corrected chi connectivity index (χ1v) is 8.36. The van der Waals surface area contributed by atoms with E-state index in [1.54, 1.807) is 54.7 Å². The van der Waals surface area contributed by atoms with Crippen molar-refractivity contribution in [3.8, 4) is 0 Å². The highest BCUT2D eigenvalue weighted by Gasteiger charge is 2.11. The van der Waals surface area contributed by atoms with Crippen molar-refractivity contribution in [3.05, 3.63) is 94.7 Å². The first kappa shape index (κ1) is 18.1. The third-order valence-corrected chi connectivity index (χ3v) is 3.81. The van der Waals surface area contributed by atoms with E-state index < -0.39 is 5.56 Å². The summed E-state index contributed by atoms with van der Waals surface area (Å²) in [6, 6.07) is 17.1. The van der Waals surface area contributed by atoms with E-state index in [4.69, 9.17) is 0 Å². The van der Waals surface area contributed by atoms with E-state index in [-0.39, 0.29) is 30.6 Å². The maximum atomic E-state index is 12.5. The van der Waals surface area contributed by atoms with E-state index in [0.29, 0.717) is 5.56 Å². The number of hydrogen-bond acceptors (Lipinski definition) is 4. The van der Waals surface area contributed by atoms with Crippen LogP contribution in [0.2, 0.25) is 0 Å². The second-order valence-corrected chi connectivity index (χ2v) is 5.77. The van der Waals surface area contributed by atoms with Crippen LogP contribution >= 0.6 is 0 Å². The lowest BCUT2D eigenvalue weighted by molar-refractivity contribution is -0.121. The third kappa shape index (κ3) is 4.88. The van der Waals surface area contributed by atoms with E-state index in [1.807, 2.05) is 6.07 Å². The number of nitrogens with one attached hydrogen (secondary N) is 2. The summed E-state index contributed by atoms with van der Waals surface area (Å²) in [5, 5.41) is 5.30. The largest absolute Gasteiger partial charge is 0.349 e. The third-order valence-electron chi connectivity index (χ3n) is 3.81. The van der Waals surface area contributed by atoms with Crippen LogP contribution in [0.1, 0.15) is 16.1 Å². The number of aromatic nitrogens is 2. The Hall–Kier alpha value is -3.74. The van der Waals surface area contributed by atoms with Crippen LogP contribution in [0.4, 0.5) is 5.69 Å². The lowest BCUT2D eigenvalue weighted by Gasteiger charge is -2.10. The van der Waals surface area contributed by atoms with Crippen molar-refractivity contribution in [3.63, 3.8) is 0 Å². The summed E-state index contributed by atoms with van der Waals surface area (Å²) in [6.45, 7) is 0.125. The van der Waals surface area contributed by atoms with Crippen LogP contribution in [0.25, 0.3) is 0 Å². The van der Waals surface area contributed by atoms with Gasteiger partial charge in [0.15, 0.2) is 0 Å². The van der Waals surface area contributed by atoms with Gasteiger partial charge in [0.05, 0.1) is 12.2 Å². The van der Waals surface area contributed by atoms with Crippen LogP contribution in [-0.4, -0.2) is 21.4 Å². The normalized spacial score (nSPS) is 10.2. The van der Waals surface area contributed by atoms with Crippen molar-refractivity contribution in [1.82, 2.24) is 14.9 Å². The van der Waals surface area contributed by atoms with Gasteiger partial charge in [0.2, 0.25) is 5.91 Å². The monoisotopic (exact) mass is 362 g/mol. The molecule has 2 amide bonds. The number of pyridine rings is 2. The lowest BCUT2D eigenvalue weighted by Crippen LogP contribution is -2.33. The number of hydrogen-bond donors (Lipinski definition) is 2. The quantitative estimate of drug-likeness (QED) is 0.699. The minimum atomic E-state index is -0.449. The second kappa shape index (κ2) is 8.57. The molecular weight excluding hydrogens is 344 g/mol. The van der Waals surface area contributed by atoms with Crippen molar-refractivity contribution in [1.29, 1.82) is 0 Å². The Morgan fingerprint density at radius 3 is 2.48 bits per heavy atom. The predicted octanol–water partition coefficient (Wildman–Crippen LogP) is 1.81. The molecule has 7 nitrogen and oxygen atoms in total. The van der Waals surface area contributed by atoms with Crippen LogP contribution < -0.4 is 16.2 Å². The Morgan fingerprint density at radius 1 is 0.963 bits per heavy atom. The standard InChI is InChI=1S/C20H18N4O3/c25-18(22-13-16-9-4-5-11-21-16)14-24-12-6-10-17(20(24)27)23-19(26)15-7-2-1-3-8-15/h1-12H,13-14H2,(H,22,25)(H,23,26). The predicted molar refractivity (Wildman–Crippen MR) is 101 cm³/mol. The summed E-state index contributed by atoms with van der Waals surface area (Å²) in [5.74, 6) is -0.709. The number of amides is 2. The summed E-state index contributed by atoms with van der Waals surface area (Å²) in [6.07, 6.45) is 3.14. The molecule has 0 saturated carbocycles. The minimum Gasteiger partial charge on any atom is -0.349 e. The van der Waals surface area contributed by atoms with E-state index >= 15 is 0 Å². The number of benzene rings is 1. The lowest BCUT2D eigenvalue weighted by atomic mass is 10.2. The molecule has 0 saturated heterocycles. The SMILES string of the molecule is O=C(Cn1cccc(NC(=O)c2ccccc2)c1=O)NCc1ccccn1. The minimum absolute atomic E-state index is 0.115. The first-order chi connectivity index (χ1) is 13.1. The highest BCUT2D eigenvalue weighted by molar-refractivity contribution is 6.04. The maximum absolute atomic E-state index is 12.5. The van der Waals surface area contributed by atoms with Gasteiger partial charge in [-0.15, -0.1) is 0 Å². The molecule has 2 aromatic heterocycles. The fourth-order valence-electron chi connectivity index (χ4n) is 2.44. The molecule has 0 aliphatic heterocycles. The number of carbonyl (C=O) groups excluding carboxylic acids is 2. The summed E-state index contributed by atoms with van der Waals surface area (Å²) < 4.78 is 1.24. The van der Waals surface area contributed by atoms with Crippen LogP contribution in [0.15, 0.2) is 77.9 Å². The molecule has 0 aliphatic carbocycles. The molecule has 0 aliphatic rings. The Morgan fingerprint density at radius 2 is 1.74 bits per heavy atom. The van der Waals surface area contributed by atoms with Crippen molar-refractivity contribution in [2.24, 2.45) is 0 Å². The number of anilines is 1. The highest BCUT2D eigenvalue weighted by atomic mass is 16.2. The van der Waals surface area contributed by atoms with E-state index in [9.17, 15) is 14.4 Å². The molecule has 3 rings (SSSR count). The van der Waals surface area contributed by atoms with Gasteiger partial charge in [-0.25, -0.2) is 0 Å². The van der Waals surface area contributed by atoms with Crippen molar-refractivity contribution in [2.45, 2.75) is 13.1 Å². The Bertz CT molecular complexity index is 985. The zero-order chi connectivity index (χ0) is 19.1. The average molecular weight is 362 g/mol. The van der Waals surface area contributed by atoms with Gasteiger partial charge in [-0.2, -0.15) is 0 Å². The fraction of sp³-hybridized carbons (Fsp3) is 0.100. The van der Waals surface area contributed by atoms with Gasteiger partial charge in [-0.3, -0.25) is 19.4 Å². The smallest absolute Gasteiger partial charge is 0.274 e. The molecule has 136 valence electrons. The van der Waals surface area contributed by atoms with E-state index in [1.165, 1.54) is 16.8 Å². The molecule has 0 radical (unpaired) electrons. The van der Waals surface area contributed by atoms with Crippen LogP contribution in [0.5, 0.6) is 0 Å². The topological polar surface area (TPSA) is 93.1 Å². The molecule has 27 heavy (non-hydrogen) atoms. The van der Waals surface area contributed by atoms with Gasteiger partial charge in [0.25, 0.3) is 11.5 Å². The molecule has 0 atom stereocenters. The average Bonchev–Trinajstić information content (AvgIpc) is 2.71. The van der Waals surface area contributed by atoms with Gasteiger partial charge in [0.1, 0.15) is 12.2 Å². The van der Waals surface area contributed by atoms with Crippen LogP contribution in [-0.2, 0) is 17.9 Å². The molecule has 0 spiro atoms. The van der Waals surface area contributed by atoms with Crippen molar-refractivity contribution < 1.29 is 9.59 Å². The van der Waals surface area contributed by atoms with Gasteiger partial charge < -0.3 is 15.2 Å². The van der Waals surface area contributed by atoms with Gasteiger partial charge in [0, 0.05) is 18.0 Å². The van der Waals surface area contributed by atoms with E-state index in [0.717, 1.165) is 5.69 Å². The second-order valence-electron chi connectivity index (χ2n) is 5.77. The zero-order valence-corrected chi connectivity index (χ0v) is 14.5. The zero-order valence-electron chi connectivity index (χ0n) is 14.5. The summed E-state index contributed by atoms with van der Waals surface area (Å²) >= 11 is 0. The van der Waals surface area contributed by atoms with Crippen molar-refractivity contribution in [2.75, 3.05) is 5.32 Å². The summed E-state index contributed by atoms with van der Waals surface area (Å²) in [7, 11) is 0. The molecule has 3 aromatic rings. The molecule has 0 bridgehead atoms. The van der Waals surface area contributed by atoms with Gasteiger partial charge in [-0.05, 0) is 36.4 Å². The number of rotatable bonds is 6. The number of nitrogens with zero attached hydrogens (tertiary/aromatic N) is 2. The maximum Gasteiger partial charge on any atom is 0.274 e. The highest BCUT2D eigenvalue weighted by Crippen LogP contribution is 2.04. The van der Waals surface area contributed by atoms with Gasteiger partial charge in [-0.1, -0.05) is 24.3 Å². The molecule has 0 fully saturated rings. The fourth-order valence-corrected chi connectivity index (χ4v) is 2.44. The molecule has 2 heterocycles. The molecule has 7 heteroatoms. The number of carbonyl (C=O) groups is 2. The molecular formula is C20H18N4O3. The summed E-state index contributed by atoms with van der Waals surface area (Å²) in [4.78, 5) is 40.9. The van der Waals surface area contributed by atoms with Crippen LogP contribution in [0, 0.1) is 0 Å².